The summed E-state index contributed by atoms with van der Waals surface area (Å²) in [5.41, 5.74) is 11.5. The Bertz CT molecular complexity index is 1570. The number of hydrogen-bond acceptors (Lipinski definition) is 19. The minimum absolute atomic E-state index is 0. The largest absolute Gasteiger partial charge is 1.00 e. The number of rotatable bonds is 11. The van der Waals surface area contributed by atoms with Gasteiger partial charge in [0.15, 0.2) is 23.9 Å². The second kappa shape index (κ2) is 16.9. The third kappa shape index (κ3) is 9.45. The SMILES string of the molecule is NC(=O)C1=CN(C2OC(COP(=O)([O-])OP(=O)([O-])OCC3OC(n4cnc5c(N)ncnc54)C(O)C3O)C(O)C2O)C=CC1.O.[Na+].[Na+]. The van der Waals surface area contributed by atoms with Crippen molar-refractivity contribution in [2.45, 2.75) is 55.5 Å². The molecule has 3 aliphatic heterocycles. The Morgan fingerprint density at radius 1 is 0.957 bits per heavy atom. The number of primary amides is 1. The van der Waals surface area contributed by atoms with Crippen LogP contribution in [-0.4, -0.2) is 112 Å². The van der Waals surface area contributed by atoms with E-state index in [4.69, 9.17) is 20.9 Å². The fourth-order valence-corrected chi connectivity index (χ4v) is 6.68. The van der Waals surface area contributed by atoms with Crippen molar-refractivity contribution in [2.24, 2.45) is 5.73 Å². The van der Waals surface area contributed by atoms with Crippen molar-refractivity contribution in [3.63, 3.8) is 0 Å². The molecule has 0 radical (unpaired) electrons. The van der Waals surface area contributed by atoms with Crippen molar-refractivity contribution in [3.8, 4) is 0 Å². The number of carbonyl (C=O) groups excluding carboxylic acids is 1. The summed E-state index contributed by atoms with van der Waals surface area (Å²) >= 11 is 0. The fourth-order valence-electron chi connectivity index (χ4n) is 4.66. The first-order chi connectivity index (χ1) is 20.7. The number of phosphoric acid groups is 2. The number of amides is 1. The third-order valence-electron chi connectivity index (χ3n) is 6.86. The number of anilines is 1. The van der Waals surface area contributed by atoms with E-state index in [0.29, 0.717) is 0 Å². The number of aromatic nitrogens is 4. The van der Waals surface area contributed by atoms with E-state index in [-0.39, 0.29) is 93.6 Å². The number of ether oxygens (including phenoxy) is 2. The van der Waals surface area contributed by atoms with Gasteiger partial charge in [0.25, 0.3) is 15.6 Å². The van der Waals surface area contributed by atoms with Gasteiger partial charge in [-0.2, -0.15) is 0 Å². The molecular weight excluding hydrogens is 698 g/mol. The van der Waals surface area contributed by atoms with Gasteiger partial charge >= 0.3 is 59.1 Å². The molecule has 3 aliphatic rings. The molecule has 47 heavy (non-hydrogen) atoms. The van der Waals surface area contributed by atoms with Gasteiger partial charge in [-0.05, 0) is 6.42 Å². The Morgan fingerprint density at radius 3 is 2.09 bits per heavy atom. The zero-order valence-electron chi connectivity index (χ0n) is 24.8. The van der Waals surface area contributed by atoms with Crippen LogP contribution in [0.1, 0.15) is 12.6 Å². The number of nitrogens with zero attached hydrogens (tertiary/aromatic N) is 5. The quantitative estimate of drug-likeness (QED) is 0.0924. The minimum Gasteiger partial charge on any atom is -0.756 e. The first kappa shape index (κ1) is 42.2. The van der Waals surface area contributed by atoms with Gasteiger partial charge in [-0.25, -0.2) is 19.3 Å². The van der Waals surface area contributed by atoms with Crippen molar-refractivity contribution in [1.29, 1.82) is 0 Å². The average Bonchev–Trinajstić information content (AvgIpc) is 3.61. The zero-order valence-corrected chi connectivity index (χ0v) is 30.6. The molecule has 26 heteroatoms. The maximum atomic E-state index is 12.3. The summed E-state index contributed by atoms with van der Waals surface area (Å²) in [4.78, 5) is 49.0. The van der Waals surface area contributed by atoms with Crippen LogP contribution in [-0.2, 0) is 36.8 Å². The summed E-state index contributed by atoms with van der Waals surface area (Å²) < 4.78 is 49.9. The summed E-state index contributed by atoms with van der Waals surface area (Å²) in [6.07, 6.45) is -5.32. The summed E-state index contributed by atoms with van der Waals surface area (Å²) in [5, 5.41) is 41.5. The number of hydrogen-bond donors (Lipinski definition) is 6. The van der Waals surface area contributed by atoms with Gasteiger partial charge < -0.3 is 70.6 Å². The van der Waals surface area contributed by atoms with Crippen LogP contribution in [0.25, 0.3) is 11.2 Å². The van der Waals surface area contributed by atoms with E-state index in [1.54, 1.807) is 6.08 Å². The van der Waals surface area contributed by atoms with Gasteiger partial charge in [-0.3, -0.25) is 18.5 Å². The van der Waals surface area contributed by atoms with Crippen molar-refractivity contribution in [1.82, 2.24) is 24.4 Å². The number of imidazole rings is 1. The number of aliphatic hydroxyl groups is 4. The first-order valence-electron chi connectivity index (χ1n) is 12.7. The van der Waals surface area contributed by atoms with E-state index in [0.717, 1.165) is 6.33 Å². The Balaban J connectivity index is 0.00000256. The summed E-state index contributed by atoms with van der Waals surface area (Å²) in [6.45, 7) is -1.97. The van der Waals surface area contributed by atoms with E-state index >= 15 is 0 Å². The predicted octanol–water partition coefficient (Wildman–Crippen LogP) is -10.8. The number of phosphoric ester groups is 2. The molecule has 5 rings (SSSR count). The van der Waals surface area contributed by atoms with Crippen molar-refractivity contribution >= 4 is 38.5 Å². The maximum Gasteiger partial charge on any atom is 1.00 e. The normalized spacial score (nSPS) is 31.2. The van der Waals surface area contributed by atoms with Gasteiger partial charge in [0, 0.05) is 18.0 Å². The summed E-state index contributed by atoms with van der Waals surface area (Å²) in [5.74, 6) is -0.686. The number of nitrogens with two attached hydrogens (primary N) is 2. The number of aliphatic hydroxyl groups excluding tert-OH is 4. The molecule has 10 atom stereocenters. The minimum atomic E-state index is -5.68. The van der Waals surface area contributed by atoms with Crippen LogP contribution >= 0.6 is 15.6 Å². The Kier molecular flexibility index (Phi) is 15.2. The van der Waals surface area contributed by atoms with E-state index in [1.165, 1.54) is 28.2 Å². The standard InChI is InChI=1S/C21H29N7O14P2.2Na.H2O/c22-17-12-19(25-7-24-17)28(8-26-12)21-16(32)14(30)11(41-21)6-39-44(36,37)42-43(34,35)38-5-10-13(29)15(31)20(40-10)27-3-1-2-9(4-27)18(23)33;;;/h1,3-4,7-8,10-11,13-16,20-21,29-32H,2,5-6H2,(H2,23,33)(H,34,35)(H,36,37)(H2,22,24,25);;;1H2/q;2*+1;/p-2. The maximum absolute atomic E-state index is 12.3. The molecule has 2 aromatic heterocycles. The Morgan fingerprint density at radius 2 is 1.51 bits per heavy atom. The predicted molar refractivity (Wildman–Crippen MR) is 141 cm³/mol. The summed E-state index contributed by atoms with van der Waals surface area (Å²) in [7, 11) is -11.4. The van der Waals surface area contributed by atoms with Gasteiger partial charge in [0.1, 0.15) is 48.5 Å². The third-order valence-corrected chi connectivity index (χ3v) is 9.39. The topological polar surface area (TPSA) is 355 Å². The van der Waals surface area contributed by atoms with Crippen LogP contribution in [0.5, 0.6) is 0 Å². The van der Waals surface area contributed by atoms with Crippen molar-refractivity contribution in [2.75, 3.05) is 18.9 Å². The van der Waals surface area contributed by atoms with Crippen LogP contribution in [0, 0.1) is 0 Å². The number of allylic oxidation sites excluding steroid dienone is 1. The molecule has 22 nitrogen and oxygen atoms in total. The van der Waals surface area contributed by atoms with Crippen LogP contribution in [0.3, 0.4) is 0 Å². The van der Waals surface area contributed by atoms with Gasteiger partial charge in [-0.15, -0.1) is 0 Å². The van der Waals surface area contributed by atoms with E-state index in [9.17, 15) is 44.1 Å². The molecular formula is C21H29N7Na2O15P2. The molecule has 5 heterocycles. The molecule has 10 unspecified atom stereocenters. The molecule has 0 spiro atoms. The van der Waals surface area contributed by atoms with Crippen LogP contribution in [0.4, 0.5) is 5.82 Å². The Hall–Kier alpha value is -0.920. The Labute approximate surface area is 309 Å². The number of fused-ring (bicyclic) bond motifs is 1. The fraction of sp³-hybridized carbons (Fsp3) is 0.524. The molecule has 2 aromatic rings. The molecule has 0 aromatic carbocycles. The van der Waals surface area contributed by atoms with Crippen molar-refractivity contribution < 1.29 is 132 Å². The number of carbonyl (C=O) groups is 1. The first-order valence-corrected chi connectivity index (χ1v) is 15.6. The smallest absolute Gasteiger partial charge is 0.756 e. The monoisotopic (exact) mass is 727 g/mol. The molecule has 10 N–H and O–H groups in total. The second-order valence-corrected chi connectivity index (χ2v) is 12.8. The molecule has 2 fully saturated rings. The van der Waals surface area contributed by atoms with E-state index < -0.39 is 83.8 Å². The van der Waals surface area contributed by atoms with Crippen LogP contribution in [0.15, 0.2) is 36.7 Å². The molecule has 1 amide bonds. The van der Waals surface area contributed by atoms with Gasteiger partial charge in [0.2, 0.25) is 5.91 Å². The molecule has 0 saturated carbocycles. The van der Waals surface area contributed by atoms with E-state index in [1.807, 2.05) is 0 Å². The average molecular weight is 727 g/mol. The number of nitrogen functional groups attached to an aromatic ring is 1. The van der Waals surface area contributed by atoms with Crippen LogP contribution < -0.4 is 80.4 Å². The van der Waals surface area contributed by atoms with Gasteiger partial charge in [-0.1, -0.05) is 6.08 Å². The van der Waals surface area contributed by atoms with Crippen molar-refractivity contribution in [3.05, 3.63) is 36.7 Å². The van der Waals surface area contributed by atoms with Gasteiger partial charge in [0.05, 0.1) is 19.5 Å². The van der Waals surface area contributed by atoms with E-state index in [2.05, 4.69) is 28.3 Å². The zero-order chi connectivity index (χ0) is 32.0. The molecule has 0 bridgehead atoms. The van der Waals surface area contributed by atoms with Crippen LogP contribution in [0.2, 0.25) is 0 Å². The second-order valence-electron chi connectivity index (χ2n) is 9.80. The molecule has 2 saturated heterocycles. The summed E-state index contributed by atoms with van der Waals surface area (Å²) in [6, 6.07) is 0. The molecule has 250 valence electrons. The molecule has 0 aliphatic carbocycles.